The van der Waals surface area contributed by atoms with Crippen LogP contribution >= 0.6 is 34.8 Å². The summed E-state index contributed by atoms with van der Waals surface area (Å²) in [7, 11) is 0. The highest BCUT2D eigenvalue weighted by Crippen LogP contribution is 2.41. The van der Waals surface area contributed by atoms with Crippen LogP contribution in [0.5, 0.6) is 46.0 Å². The highest BCUT2D eigenvalue weighted by molar-refractivity contribution is 6.35. The molecule has 6 aliphatic heterocycles. The number of nitrogens with zero attached hydrogens (tertiary/aromatic N) is 6. The Hall–Kier alpha value is -13.1. The summed E-state index contributed by atoms with van der Waals surface area (Å²) in [6.07, 6.45) is 47.0. The van der Waals surface area contributed by atoms with Crippen LogP contribution in [0.4, 0.5) is 0 Å². The molecule has 134 heavy (non-hydrogen) atoms. The molecule has 0 radical (unpaired) electrons. The third kappa shape index (κ3) is 35.5. The Bertz CT molecular complexity index is 5220. The summed E-state index contributed by atoms with van der Waals surface area (Å²) < 4.78 is 21.1. The van der Waals surface area contributed by atoms with Crippen molar-refractivity contribution in [1.82, 2.24) is 25.8 Å². The highest BCUT2D eigenvalue weighted by atomic mass is 35.5. The molecule has 0 atom stereocenters. The number of hydrogen-bond donors (Lipinski definition) is 11. The van der Waals surface area contributed by atoms with Crippen molar-refractivity contribution in [2.45, 2.75) is 167 Å². The van der Waals surface area contributed by atoms with Gasteiger partial charge in [0, 0.05) is 102 Å². The molecule has 7 aliphatic rings. The molecule has 11 N–H and O–H groups in total. The zero-order valence-corrected chi connectivity index (χ0v) is 76.9. The normalized spacial score (nSPS) is 20.1. The number of halogens is 3. The standard InChI is InChI=1S/C26H27ClN2O6.C25H31ClN2O6.C24H30N2O6.C23H28ClN3O6/c27-25-20-14-19(29-35-17-23(32)28-16-18-10-6-5-7-11-18)12-8-3-1-2-4-9-13-34-26(33)24(20)21(30)15-22(25)31;26-24-19-14-18(28-34-16-22(31)27-17-10-7-5-8-11-17)12-6-3-1-2-4-9-13-33-25(32)23(19)20(29)15-21(24)30;27-20-15-18-14-19(25-32-17-22(29)26-11-7-5-8-12-26)10-6-3-1-2-4-9-13-31-24(30)23(18)21(28)16-20;24-22-17-13-16(26-33-15-20(30)27-10-8-25-9-11-27)7-5-3-1-2-4-6-12-32-23(31)21(17)18(28)14-19(22)29/h2,4-8,10-12,15,30-31H,1,3,9,13-14,16-17H2,(H,28,32);2,4,6,12,15,17,29-30H,1,3,5,7-11,13-14,16H2,(H,27,31);2,4,6,10,15-16,27-28H,1,3,5,7-9,11-14,17H2;2,4-5,7,14,25,28-29H,1,3,6,8-13,15H2/b4-2+,12-8+,29-19?;4-2+,12-6+,28-18?;4-2+,10-6+,25-19-;4-2+,7-5+,26-16?. The number of fused-ring (bicyclic) bond motifs is 4. The minimum Gasteiger partial charge on any atom is -0.508 e. The maximum absolute atomic E-state index is 12.7. The van der Waals surface area contributed by atoms with E-state index in [0.717, 1.165) is 152 Å². The molecule has 4 amide bonds. The summed E-state index contributed by atoms with van der Waals surface area (Å²) >= 11 is 18.9. The molecular formula is C98H116Cl3N9O24. The van der Waals surface area contributed by atoms with E-state index in [-0.39, 0.29) is 191 Å². The number of amides is 4. The van der Waals surface area contributed by atoms with E-state index in [1.54, 1.807) is 34.1 Å². The molecule has 718 valence electrons. The van der Waals surface area contributed by atoms with Crippen molar-refractivity contribution in [3.05, 3.63) is 223 Å². The number of cyclic esters (lactones) is 4. The molecule has 0 bridgehead atoms. The van der Waals surface area contributed by atoms with Gasteiger partial charge >= 0.3 is 23.9 Å². The third-order valence-electron chi connectivity index (χ3n) is 21.4. The second-order valence-electron chi connectivity index (χ2n) is 31.6. The smallest absolute Gasteiger partial charge is 0.342 e. The Morgan fingerprint density at radius 1 is 0.388 bits per heavy atom. The SMILES string of the molecule is O=C(CON=C1/C=C/CC/C=C/CCOC(=O)c2c(O)cc(O)c(Cl)c2C1)NC1CCCCC1.O=C(CON=C1/C=C/CC/C=C/CCOC(=O)c2c(O)cc(O)c(Cl)c2C1)NCc1ccccc1.O=C1OCC/C=C/CC/C=C/C(=N/OCC(=O)N2CCCCC2)Cc2cc(O)cc(O)c21.O=C1OCC/C=C/CC/C=C/C(=NOCC(=O)N2CCNCC2)Cc2c(Cl)c(O)cc(O)c21. The van der Waals surface area contributed by atoms with Crippen molar-refractivity contribution in [2.24, 2.45) is 20.6 Å². The number of piperazine rings is 1. The number of ether oxygens (including phenoxy) is 4. The number of phenols is 8. The van der Waals surface area contributed by atoms with Gasteiger partial charge in [0.05, 0.1) is 64.3 Å². The molecule has 3 fully saturated rings. The molecule has 33 nitrogen and oxygen atoms in total. The number of nitrogens with one attached hydrogen (secondary N) is 3. The molecule has 5 aromatic rings. The van der Waals surface area contributed by atoms with Gasteiger partial charge < -0.3 is 105 Å². The predicted octanol–water partition coefficient (Wildman–Crippen LogP) is 15.0. The lowest BCUT2D eigenvalue weighted by Gasteiger charge is -2.26. The molecule has 12 rings (SSSR count). The van der Waals surface area contributed by atoms with Crippen molar-refractivity contribution < 1.29 is 118 Å². The first kappa shape index (κ1) is 105. The lowest BCUT2D eigenvalue weighted by Crippen LogP contribution is -2.47. The molecular weight excluding hydrogens is 1790 g/mol. The molecule has 1 saturated carbocycles. The number of carbonyl (C=O) groups excluding carboxylic acids is 8. The number of likely N-dealkylation sites (tertiary alicyclic amines) is 1. The van der Waals surface area contributed by atoms with Gasteiger partial charge in [0.15, 0.2) is 26.4 Å². The third-order valence-corrected chi connectivity index (χ3v) is 22.6. The van der Waals surface area contributed by atoms with Crippen LogP contribution in [-0.4, -0.2) is 219 Å². The first-order valence-corrected chi connectivity index (χ1v) is 45.9. The van der Waals surface area contributed by atoms with E-state index in [2.05, 4.69) is 36.6 Å². The van der Waals surface area contributed by atoms with Gasteiger partial charge in [-0.15, -0.1) is 0 Å². The number of phenolic OH excluding ortho intramolecular Hbond substituents is 8. The minimum absolute atomic E-state index is 0.0191. The first-order valence-electron chi connectivity index (χ1n) is 44.7. The number of aromatic hydroxyl groups is 8. The van der Waals surface area contributed by atoms with E-state index in [4.69, 9.17) is 73.1 Å². The van der Waals surface area contributed by atoms with E-state index in [1.807, 2.05) is 103 Å². The summed E-state index contributed by atoms with van der Waals surface area (Å²) in [6, 6.07) is 15.1. The van der Waals surface area contributed by atoms with E-state index >= 15 is 0 Å². The molecule has 2 saturated heterocycles. The number of hydrogen-bond acceptors (Lipinski definition) is 29. The number of oxime groups is 4. The van der Waals surface area contributed by atoms with Gasteiger partial charge in [-0.1, -0.05) is 178 Å². The number of allylic oxidation sites excluding steroid dienone is 12. The van der Waals surface area contributed by atoms with Gasteiger partial charge in [-0.05, 0) is 167 Å². The zero-order chi connectivity index (χ0) is 95.8. The summed E-state index contributed by atoms with van der Waals surface area (Å²) in [5.41, 5.74) is 2.84. The Morgan fingerprint density at radius 2 is 0.731 bits per heavy atom. The van der Waals surface area contributed by atoms with Crippen LogP contribution in [0.15, 0.2) is 179 Å². The van der Waals surface area contributed by atoms with Crippen molar-refractivity contribution in [3.8, 4) is 46.0 Å². The monoisotopic (exact) mass is 1910 g/mol. The van der Waals surface area contributed by atoms with Crippen molar-refractivity contribution in [1.29, 1.82) is 0 Å². The summed E-state index contributed by atoms with van der Waals surface area (Å²) in [4.78, 5) is 124. The fourth-order valence-corrected chi connectivity index (χ4v) is 15.2. The Kier molecular flexibility index (Phi) is 44.8. The van der Waals surface area contributed by atoms with E-state index in [1.165, 1.54) is 12.5 Å². The maximum atomic E-state index is 12.7. The quantitative estimate of drug-likeness (QED) is 0.0201. The second kappa shape index (κ2) is 57.4. The molecule has 1 aliphatic carbocycles. The van der Waals surface area contributed by atoms with Gasteiger partial charge in [0.25, 0.3) is 23.6 Å². The van der Waals surface area contributed by atoms with Crippen LogP contribution in [0.3, 0.4) is 0 Å². The van der Waals surface area contributed by atoms with Crippen LogP contribution in [0.25, 0.3) is 0 Å². The second-order valence-corrected chi connectivity index (χ2v) is 32.8. The van der Waals surface area contributed by atoms with Crippen LogP contribution < -0.4 is 16.0 Å². The largest absolute Gasteiger partial charge is 0.508 e. The topological polar surface area (TPSA) is 464 Å². The van der Waals surface area contributed by atoms with Crippen molar-refractivity contribution in [3.63, 3.8) is 0 Å². The molecule has 0 unspecified atom stereocenters. The number of piperidine rings is 1. The molecule has 5 aromatic carbocycles. The van der Waals surface area contributed by atoms with Crippen molar-refractivity contribution >= 4 is 105 Å². The predicted molar refractivity (Wildman–Crippen MR) is 505 cm³/mol. The van der Waals surface area contributed by atoms with E-state index in [0.29, 0.717) is 73.7 Å². The average Bonchev–Trinajstić information content (AvgIpc) is 0.807. The number of rotatable bonds is 15. The van der Waals surface area contributed by atoms with Gasteiger partial charge in [-0.25, -0.2) is 19.2 Å². The molecule has 6 heterocycles. The summed E-state index contributed by atoms with van der Waals surface area (Å²) in [5, 5.41) is 107. The number of benzene rings is 5. The lowest BCUT2D eigenvalue weighted by molar-refractivity contribution is -0.137. The fourth-order valence-electron chi connectivity index (χ4n) is 14.6. The summed E-state index contributed by atoms with van der Waals surface area (Å²) in [6.45, 7) is 4.15. The zero-order valence-electron chi connectivity index (χ0n) is 74.6. The van der Waals surface area contributed by atoms with Gasteiger partial charge in [0.1, 0.15) is 68.2 Å². The van der Waals surface area contributed by atoms with Crippen LogP contribution in [-0.2, 0) is 89.7 Å². The average molecular weight is 1910 g/mol. The lowest BCUT2D eigenvalue weighted by atomic mass is 9.95. The van der Waals surface area contributed by atoms with Gasteiger partial charge in [-0.3, -0.25) is 19.2 Å². The Morgan fingerprint density at radius 3 is 1.14 bits per heavy atom. The van der Waals surface area contributed by atoms with Crippen LogP contribution in [0.2, 0.25) is 15.1 Å². The Labute approximate surface area is 792 Å². The van der Waals surface area contributed by atoms with E-state index in [9.17, 15) is 79.2 Å². The fraction of sp³-hybridized carbons (Fsp3) is 0.408. The number of carbonyl (C=O) groups is 8. The molecule has 36 heteroatoms. The van der Waals surface area contributed by atoms with Crippen LogP contribution in [0.1, 0.15) is 198 Å². The molecule has 0 spiro atoms. The maximum Gasteiger partial charge on any atom is 0.342 e. The summed E-state index contributed by atoms with van der Waals surface area (Å²) in [5.74, 6) is -6.85. The van der Waals surface area contributed by atoms with Gasteiger partial charge in [0.2, 0.25) is 0 Å². The van der Waals surface area contributed by atoms with Crippen LogP contribution in [0, 0.1) is 0 Å². The van der Waals surface area contributed by atoms with E-state index < -0.39 is 41.1 Å². The molecule has 0 aromatic heterocycles. The number of esters is 4. The first-order chi connectivity index (χ1) is 64.9. The minimum atomic E-state index is -0.769. The Balaban J connectivity index is 0.000000201. The highest BCUT2D eigenvalue weighted by Gasteiger charge is 2.30. The van der Waals surface area contributed by atoms with Crippen molar-refractivity contribution in [2.75, 3.05) is 92.1 Å². The van der Waals surface area contributed by atoms with Gasteiger partial charge in [-0.2, -0.15) is 0 Å².